The highest BCUT2D eigenvalue weighted by molar-refractivity contribution is 7.89. The van der Waals surface area contributed by atoms with Gasteiger partial charge in [0.15, 0.2) is 0 Å². The predicted octanol–water partition coefficient (Wildman–Crippen LogP) is 2.58. The van der Waals surface area contributed by atoms with Crippen LogP contribution in [0.5, 0.6) is 0 Å². The molecule has 118 valence electrons. The monoisotopic (exact) mass is 310 g/mol. The number of hydrogen-bond acceptors (Lipinski definition) is 3. The number of unbranched alkanes of at least 4 members (excludes halogenated alkanes) is 1. The third-order valence-electron chi connectivity index (χ3n) is 4.22. The minimum atomic E-state index is -3.12. The molecule has 0 radical (unpaired) electrons. The van der Waals surface area contributed by atoms with Crippen molar-refractivity contribution in [2.75, 3.05) is 12.3 Å². The second kappa shape index (κ2) is 6.90. The molecule has 2 rings (SSSR count). The van der Waals surface area contributed by atoms with Crippen LogP contribution in [-0.4, -0.2) is 25.0 Å². The Hall–Kier alpha value is -0.910. The van der Waals surface area contributed by atoms with Crippen molar-refractivity contribution in [3.8, 4) is 0 Å². The molecular formula is C16H26N2O2S. The van der Waals surface area contributed by atoms with E-state index in [4.69, 9.17) is 5.73 Å². The quantitative estimate of drug-likeness (QED) is 0.878. The van der Waals surface area contributed by atoms with Gasteiger partial charge in [0, 0.05) is 19.1 Å². The largest absolute Gasteiger partial charge is 0.324 e. The van der Waals surface area contributed by atoms with Crippen LogP contribution >= 0.6 is 0 Å². The molecule has 0 saturated heterocycles. The minimum Gasteiger partial charge on any atom is -0.324 e. The van der Waals surface area contributed by atoms with E-state index in [1.807, 2.05) is 6.92 Å². The SMILES string of the molecule is CCCCS(=O)(=O)N1CCc2ccc(C(N)CC)cc2C1. The van der Waals surface area contributed by atoms with E-state index < -0.39 is 10.0 Å². The summed E-state index contributed by atoms with van der Waals surface area (Å²) < 4.78 is 26.3. The summed E-state index contributed by atoms with van der Waals surface area (Å²) in [5.41, 5.74) is 9.55. The average Bonchev–Trinajstić information content (AvgIpc) is 2.51. The summed E-state index contributed by atoms with van der Waals surface area (Å²) in [5, 5.41) is 0. The van der Waals surface area contributed by atoms with Crippen molar-refractivity contribution in [1.82, 2.24) is 4.31 Å². The van der Waals surface area contributed by atoms with Crippen molar-refractivity contribution in [1.29, 1.82) is 0 Å². The molecule has 0 spiro atoms. The van der Waals surface area contributed by atoms with Gasteiger partial charge in [0.05, 0.1) is 5.75 Å². The lowest BCUT2D eigenvalue weighted by Crippen LogP contribution is -2.37. The Labute approximate surface area is 128 Å². The molecule has 0 aliphatic carbocycles. The number of nitrogens with two attached hydrogens (primary N) is 1. The molecule has 1 aromatic rings. The molecule has 0 amide bonds. The molecule has 4 nitrogen and oxygen atoms in total. The lowest BCUT2D eigenvalue weighted by atomic mass is 9.95. The fraction of sp³-hybridized carbons (Fsp3) is 0.625. The summed E-state index contributed by atoms with van der Waals surface area (Å²) >= 11 is 0. The smallest absolute Gasteiger partial charge is 0.214 e. The van der Waals surface area contributed by atoms with Crippen LogP contribution < -0.4 is 5.73 Å². The van der Waals surface area contributed by atoms with Gasteiger partial charge < -0.3 is 5.73 Å². The van der Waals surface area contributed by atoms with Crippen LogP contribution in [0.3, 0.4) is 0 Å². The molecule has 0 saturated carbocycles. The molecule has 1 heterocycles. The molecule has 0 aromatic heterocycles. The molecule has 1 atom stereocenters. The van der Waals surface area contributed by atoms with Gasteiger partial charge >= 0.3 is 0 Å². The molecule has 21 heavy (non-hydrogen) atoms. The van der Waals surface area contributed by atoms with E-state index in [-0.39, 0.29) is 11.8 Å². The van der Waals surface area contributed by atoms with Gasteiger partial charge in [-0.15, -0.1) is 0 Å². The summed E-state index contributed by atoms with van der Waals surface area (Å²) in [6.07, 6.45) is 3.31. The number of fused-ring (bicyclic) bond motifs is 1. The zero-order chi connectivity index (χ0) is 15.5. The van der Waals surface area contributed by atoms with E-state index in [1.54, 1.807) is 4.31 Å². The molecule has 1 aliphatic rings. The highest BCUT2D eigenvalue weighted by Gasteiger charge is 2.26. The Morgan fingerprint density at radius 1 is 1.29 bits per heavy atom. The van der Waals surface area contributed by atoms with Crippen LogP contribution in [0.1, 0.15) is 55.8 Å². The van der Waals surface area contributed by atoms with Gasteiger partial charge in [-0.05, 0) is 36.0 Å². The lowest BCUT2D eigenvalue weighted by Gasteiger charge is -2.29. The maximum Gasteiger partial charge on any atom is 0.214 e. The van der Waals surface area contributed by atoms with Crippen LogP contribution in [-0.2, 0) is 23.0 Å². The van der Waals surface area contributed by atoms with Crippen LogP contribution in [0.4, 0.5) is 0 Å². The van der Waals surface area contributed by atoms with Gasteiger partial charge in [-0.25, -0.2) is 8.42 Å². The van der Waals surface area contributed by atoms with Crippen LogP contribution in [0.25, 0.3) is 0 Å². The maximum absolute atomic E-state index is 12.3. The average molecular weight is 310 g/mol. The molecule has 1 aromatic carbocycles. The van der Waals surface area contributed by atoms with E-state index in [1.165, 1.54) is 5.56 Å². The highest BCUT2D eigenvalue weighted by atomic mass is 32.2. The third kappa shape index (κ3) is 3.84. The Kier molecular flexibility index (Phi) is 5.41. The van der Waals surface area contributed by atoms with Gasteiger partial charge in [0.2, 0.25) is 10.0 Å². The molecule has 5 heteroatoms. The van der Waals surface area contributed by atoms with Crippen molar-refractivity contribution in [3.05, 3.63) is 34.9 Å². The summed E-state index contributed by atoms with van der Waals surface area (Å²) in [5.74, 6) is 0.257. The standard InChI is InChI=1S/C16H26N2O2S/c1-3-5-10-21(19,20)18-9-8-13-6-7-14(16(17)4-2)11-15(13)12-18/h6-7,11,16H,3-5,8-10,12,17H2,1-2H3. The zero-order valence-electron chi connectivity index (χ0n) is 13.0. The molecule has 2 N–H and O–H groups in total. The van der Waals surface area contributed by atoms with E-state index >= 15 is 0 Å². The molecule has 1 aliphatic heterocycles. The van der Waals surface area contributed by atoms with Gasteiger partial charge in [0.1, 0.15) is 0 Å². The summed E-state index contributed by atoms with van der Waals surface area (Å²) in [7, 11) is -3.12. The number of nitrogens with zero attached hydrogens (tertiary/aromatic N) is 1. The van der Waals surface area contributed by atoms with Crippen molar-refractivity contribution >= 4 is 10.0 Å². The fourth-order valence-corrected chi connectivity index (χ4v) is 4.33. The van der Waals surface area contributed by atoms with Crippen molar-refractivity contribution in [2.24, 2.45) is 5.73 Å². The van der Waals surface area contributed by atoms with Crippen LogP contribution in [0.2, 0.25) is 0 Å². The van der Waals surface area contributed by atoms with Gasteiger partial charge in [0.25, 0.3) is 0 Å². The van der Waals surface area contributed by atoms with E-state index in [9.17, 15) is 8.42 Å². The van der Waals surface area contributed by atoms with E-state index in [0.29, 0.717) is 13.1 Å². The Bertz CT molecular complexity index is 584. The normalized spacial score (nSPS) is 17.5. The zero-order valence-corrected chi connectivity index (χ0v) is 13.8. The second-order valence-corrected chi connectivity index (χ2v) is 7.88. The third-order valence-corrected chi connectivity index (χ3v) is 6.13. The topological polar surface area (TPSA) is 63.4 Å². The summed E-state index contributed by atoms with van der Waals surface area (Å²) in [6.45, 7) is 5.16. The van der Waals surface area contributed by atoms with Crippen molar-refractivity contribution in [3.63, 3.8) is 0 Å². The fourth-order valence-electron chi connectivity index (χ4n) is 2.71. The first-order chi connectivity index (χ1) is 9.97. The van der Waals surface area contributed by atoms with Gasteiger partial charge in [-0.3, -0.25) is 0 Å². The summed E-state index contributed by atoms with van der Waals surface area (Å²) in [6, 6.07) is 6.30. The van der Waals surface area contributed by atoms with E-state index in [2.05, 4.69) is 25.1 Å². The highest BCUT2D eigenvalue weighted by Crippen LogP contribution is 2.25. The Morgan fingerprint density at radius 3 is 2.71 bits per heavy atom. The molecular weight excluding hydrogens is 284 g/mol. The number of hydrogen-bond donors (Lipinski definition) is 1. The lowest BCUT2D eigenvalue weighted by molar-refractivity contribution is 0.390. The molecule has 0 bridgehead atoms. The van der Waals surface area contributed by atoms with Crippen molar-refractivity contribution < 1.29 is 8.42 Å². The second-order valence-electron chi connectivity index (χ2n) is 5.80. The molecule has 1 unspecified atom stereocenters. The van der Waals surface area contributed by atoms with Gasteiger partial charge in [-0.1, -0.05) is 38.5 Å². The van der Waals surface area contributed by atoms with Crippen LogP contribution in [0, 0.1) is 0 Å². The van der Waals surface area contributed by atoms with Crippen molar-refractivity contribution in [2.45, 2.75) is 52.1 Å². The first kappa shape index (κ1) is 16.5. The number of sulfonamides is 1. The number of rotatable bonds is 6. The Balaban J connectivity index is 2.19. The number of benzene rings is 1. The Morgan fingerprint density at radius 2 is 2.05 bits per heavy atom. The maximum atomic E-state index is 12.3. The first-order valence-corrected chi connectivity index (χ1v) is 9.44. The van der Waals surface area contributed by atoms with Gasteiger partial charge in [-0.2, -0.15) is 4.31 Å². The van der Waals surface area contributed by atoms with E-state index in [0.717, 1.165) is 36.8 Å². The summed E-state index contributed by atoms with van der Waals surface area (Å²) in [4.78, 5) is 0. The predicted molar refractivity (Wildman–Crippen MR) is 86.5 cm³/mol. The first-order valence-electron chi connectivity index (χ1n) is 7.83. The molecule has 0 fully saturated rings. The minimum absolute atomic E-state index is 0.0300. The van der Waals surface area contributed by atoms with Crippen LogP contribution in [0.15, 0.2) is 18.2 Å².